The third-order valence-electron chi connectivity index (χ3n) is 6.14. The highest BCUT2D eigenvalue weighted by Gasteiger charge is 2.44. The quantitative estimate of drug-likeness (QED) is 0.601. The summed E-state index contributed by atoms with van der Waals surface area (Å²) in [5, 5.41) is 1.96. The average Bonchev–Trinajstić information content (AvgIpc) is 3.33. The van der Waals surface area contributed by atoms with Crippen molar-refractivity contribution in [3.05, 3.63) is 60.4 Å². The van der Waals surface area contributed by atoms with Gasteiger partial charge in [0.15, 0.2) is 5.78 Å². The number of ketones is 1. The second-order valence-corrected chi connectivity index (χ2v) is 10.0. The molecule has 0 aliphatic carbocycles. The predicted molar refractivity (Wildman–Crippen MR) is 114 cm³/mol. The molecule has 7 nitrogen and oxygen atoms in total. The molecule has 0 radical (unpaired) electrons. The SMILES string of the molecule is CC(=O)c1cnc(N2CC3CN(S(=O)(=O)c4ccc5ccccc5c4)CC3C2)nc1. The lowest BCUT2D eigenvalue weighted by Crippen LogP contribution is -2.33. The fourth-order valence-electron chi connectivity index (χ4n) is 4.45. The number of rotatable bonds is 4. The summed E-state index contributed by atoms with van der Waals surface area (Å²) in [4.78, 5) is 22.5. The van der Waals surface area contributed by atoms with E-state index >= 15 is 0 Å². The molecule has 2 aliphatic rings. The number of carbonyl (C=O) groups is 1. The van der Waals surface area contributed by atoms with E-state index in [0.717, 1.165) is 10.8 Å². The maximum atomic E-state index is 13.2. The number of fused-ring (bicyclic) bond motifs is 2. The number of carbonyl (C=O) groups excluding carboxylic acids is 1. The van der Waals surface area contributed by atoms with Crippen molar-refractivity contribution in [3.63, 3.8) is 0 Å². The van der Waals surface area contributed by atoms with Crippen LogP contribution in [0.4, 0.5) is 5.95 Å². The van der Waals surface area contributed by atoms with Crippen molar-refractivity contribution < 1.29 is 13.2 Å². The minimum Gasteiger partial charge on any atom is -0.340 e. The van der Waals surface area contributed by atoms with E-state index in [9.17, 15) is 13.2 Å². The van der Waals surface area contributed by atoms with Gasteiger partial charge in [-0.2, -0.15) is 4.31 Å². The summed E-state index contributed by atoms with van der Waals surface area (Å²) in [5.74, 6) is 1.03. The monoisotopic (exact) mass is 422 g/mol. The smallest absolute Gasteiger partial charge is 0.243 e. The standard InChI is InChI=1S/C22H22N4O3S/c1-15(27)18-9-23-22(24-10-18)25-11-19-13-26(14-20(19)12-25)30(28,29)21-7-6-16-4-2-3-5-17(16)8-21/h2-10,19-20H,11-14H2,1H3. The lowest BCUT2D eigenvalue weighted by molar-refractivity contribution is 0.101. The van der Waals surface area contributed by atoms with Crippen molar-refractivity contribution in [1.82, 2.24) is 14.3 Å². The summed E-state index contributed by atoms with van der Waals surface area (Å²) in [5.41, 5.74) is 0.491. The van der Waals surface area contributed by atoms with Crippen LogP contribution in [0.3, 0.4) is 0 Å². The van der Waals surface area contributed by atoms with Crippen LogP contribution in [-0.2, 0) is 10.0 Å². The predicted octanol–water partition coefficient (Wildman–Crippen LogP) is 2.59. The molecular weight excluding hydrogens is 400 g/mol. The summed E-state index contributed by atoms with van der Waals surface area (Å²) in [6.45, 7) is 3.93. The molecule has 3 aromatic rings. The highest BCUT2D eigenvalue weighted by molar-refractivity contribution is 7.89. The van der Waals surface area contributed by atoms with Crippen LogP contribution in [-0.4, -0.2) is 54.7 Å². The van der Waals surface area contributed by atoms with E-state index in [1.807, 2.05) is 30.3 Å². The van der Waals surface area contributed by atoms with Crippen LogP contribution in [0.15, 0.2) is 59.8 Å². The molecule has 2 aromatic carbocycles. The molecule has 3 heterocycles. The lowest BCUT2D eigenvalue weighted by Gasteiger charge is -2.21. The molecule has 0 amide bonds. The van der Waals surface area contributed by atoms with E-state index in [2.05, 4.69) is 14.9 Å². The molecule has 0 bridgehead atoms. The number of Topliss-reactive ketones (excluding diaryl/α,β-unsaturated/α-hetero) is 1. The Labute approximate surface area is 175 Å². The zero-order valence-electron chi connectivity index (χ0n) is 16.6. The van der Waals surface area contributed by atoms with E-state index in [0.29, 0.717) is 42.6 Å². The van der Waals surface area contributed by atoms with Crippen molar-refractivity contribution in [2.24, 2.45) is 11.8 Å². The van der Waals surface area contributed by atoms with Crippen LogP contribution in [0, 0.1) is 11.8 Å². The minimum atomic E-state index is -3.52. The highest BCUT2D eigenvalue weighted by atomic mass is 32.2. The Morgan fingerprint density at radius 2 is 1.57 bits per heavy atom. The second-order valence-electron chi connectivity index (χ2n) is 8.08. The third-order valence-corrected chi connectivity index (χ3v) is 7.97. The van der Waals surface area contributed by atoms with Crippen molar-refractivity contribution in [2.45, 2.75) is 11.8 Å². The van der Waals surface area contributed by atoms with Crippen LogP contribution in [0.5, 0.6) is 0 Å². The molecular formula is C22H22N4O3S. The topological polar surface area (TPSA) is 83.5 Å². The second kappa shape index (κ2) is 7.14. The summed E-state index contributed by atoms with van der Waals surface area (Å²) in [6, 6.07) is 13.1. The average molecular weight is 423 g/mol. The maximum absolute atomic E-state index is 13.2. The Morgan fingerprint density at radius 1 is 0.933 bits per heavy atom. The Kier molecular flexibility index (Phi) is 4.56. The third kappa shape index (κ3) is 3.26. The molecule has 0 N–H and O–H groups in total. The van der Waals surface area contributed by atoms with E-state index in [-0.39, 0.29) is 17.6 Å². The molecule has 2 saturated heterocycles. The zero-order valence-corrected chi connectivity index (χ0v) is 17.4. The van der Waals surface area contributed by atoms with Crippen molar-refractivity contribution in [3.8, 4) is 0 Å². The Morgan fingerprint density at radius 3 is 2.20 bits per heavy atom. The lowest BCUT2D eigenvalue weighted by atomic mass is 10.0. The summed E-state index contributed by atoms with van der Waals surface area (Å²) in [6.07, 6.45) is 3.10. The molecule has 2 unspecified atom stereocenters. The molecule has 5 rings (SSSR count). The first-order chi connectivity index (χ1) is 14.4. The Hall–Kier alpha value is -2.84. The Bertz CT molecular complexity index is 1210. The minimum absolute atomic E-state index is 0.0608. The van der Waals surface area contributed by atoms with E-state index in [1.54, 1.807) is 28.8 Å². The number of hydrogen-bond donors (Lipinski definition) is 0. The van der Waals surface area contributed by atoms with E-state index < -0.39 is 10.0 Å². The number of benzene rings is 2. The first-order valence-electron chi connectivity index (χ1n) is 9.99. The summed E-state index contributed by atoms with van der Waals surface area (Å²) < 4.78 is 28.1. The molecule has 0 saturated carbocycles. The molecule has 2 atom stereocenters. The van der Waals surface area contributed by atoms with Gasteiger partial charge in [0.05, 0.1) is 10.5 Å². The summed E-state index contributed by atoms with van der Waals surface area (Å²) >= 11 is 0. The van der Waals surface area contributed by atoms with Crippen LogP contribution in [0.25, 0.3) is 10.8 Å². The van der Waals surface area contributed by atoms with Gasteiger partial charge in [0, 0.05) is 38.6 Å². The molecule has 154 valence electrons. The van der Waals surface area contributed by atoms with Gasteiger partial charge in [0.1, 0.15) is 0 Å². The molecule has 30 heavy (non-hydrogen) atoms. The van der Waals surface area contributed by atoms with Crippen LogP contribution < -0.4 is 4.90 Å². The molecule has 2 aliphatic heterocycles. The number of hydrogen-bond acceptors (Lipinski definition) is 6. The summed E-state index contributed by atoms with van der Waals surface area (Å²) in [7, 11) is -3.52. The largest absolute Gasteiger partial charge is 0.340 e. The van der Waals surface area contributed by atoms with Gasteiger partial charge in [-0.1, -0.05) is 30.3 Å². The number of sulfonamides is 1. The fraction of sp³-hybridized carbons (Fsp3) is 0.318. The molecule has 1 aromatic heterocycles. The number of nitrogens with zero attached hydrogens (tertiary/aromatic N) is 4. The van der Waals surface area contributed by atoms with Gasteiger partial charge < -0.3 is 4.90 Å². The van der Waals surface area contributed by atoms with E-state index in [4.69, 9.17) is 0 Å². The molecule has 0 spiro atoms. The first kappa shape index (κ1) is 19.1. The normalized spacial score (nSPS) is 21.8. The van der Waals surface area contributed by atoms with Gasteiger partial charge >= 0.3 is 0 Å². The molecule has 8 heteroatoms. The number of anilines is 1. The fourth-order valence-corrected chi connectivity index (χ4v) is 6.04. The van der Waals surface area contributed by atoms with Gasteiger partial charge in [0.25, 0.3) is 0 Å². The van der Waals surface area contributed by atoms with Crippen molar-refractivity contribution in [2.75, 3.05) is 31.1 Å². The highest BCUT2D eigenvalue weighted by Crippen LogP contribution is 2.35. The zero-order chi connectivity index (χ0) is 20.9. The molecule has 2 fully saturated rings. The Balaban J connectivity index is 1.31. The first-order valence-corrected chi connectivity index (χ1v) is 11.4. The maximum Gasteiger partial charge on any atom is 0.243 e. The van der Waals surface area contributed by atoms with Gasteiger partial charge in [-0.05, 0) is 41.7 Å². The van der Waals surface area contributed by atoms with Crippen LogP contribution in [0.2, 0.25) is 0 Å². The van der Waals surface area contributed by atoms with Crippen molar-refractivity contribution >= 4 is 32.5 Å². The van der Waals surface area contributed by atoms with Gasteiger partial charge in [-0.3, -0.25) is 4.79 Å². The van der Waals surface area contributed by atoms with Crippen molar-refractivity contribution in [1.29, 1.82) is 0 Å². The van der Waals surface area contributed by atoms with Gasteiger partial charge in [0.2, 0.25) is 16.0 Å². The van der Waals surface area contributed by atoms with Gasteiger partial charge in [-0.15, -0.1) is 0 Å². The number of aromatic nitrogens is 2. The van der Waals surface area contributed by atoms with Crippen LogP contribution >= 0.6 is 0 Å². The van der Waals surface area contributed by atoms with Crippen LogP contribution in [0.1, 0.15) is 17.3 Å². The van der Waals surface area contributed by atoms with Gasteiger partial charge in [-0.25, -0.2) is 18.4 Å². The van der Waals surface area contributed by atoms with E-state index in [1.165, 1.54) is 6.92 Å².